The zero-order chi connectivity index (χ0) is 16.8. The van der Waals surface area contributed by atoms with Crippen LogP contribution < -0.4 is 11.2 Å². The SMILES string of the molecule is Cc1nc(C(Cl)(Cl)Cl)nc2[nH]c(=O)n(-c3ccccc3)c(=O)c12. The van der Waals surface area contributed by atoms with Gasteiger partial charge in [0.2, 0.25) is 3.79 Å². The third kappa shape index (κ3) is 2.85. The molecule has 2 heterocycles. The van der Waals surface area contributed by atoms with Gasteiger partial charge in [0.05, 0.1) is 11.4 Å². The molecule has 9 heteroatoms. The van der Waals surface area contributed by atoms with Gasteiger partial charge in [0, 0.05) is 0 Å². The number of hydrogen-bond donors (Lipinski definition) is 1. The van der Waals surface area contributed by atoms with Crippen LogP contribution in [0, 0.1) is 6.92 Å². The largest absolute Gasteiger partial charge is 0.334 e. The first-order chi connectivity index (χ1) is 10.8. The van der Waals surface area contributed by atoms with Crippen LogP contribution in [-0.4, -0.2) is 19.5 Å². The molecule has 118 valence electrons. The number of hydrogen-bond acceptors (Lipinski definition) is 4. The number of H-pyrrole nitrogens is 1. The molecule has 0 aliphatic rings. The number of aryl methyl sites for hydroxylation is 1. The summed E-state index contributed by atoms with van der Waals surface area (Å²) in [5.74, 6) is -0.111. The molecule has 3 rings (SSSR count). The van der Waals surface area contributed by atoms with E-state index >= 15 is 0 Å². The molecule has 0 atom stereocenters. The molecule has 0 aliphatic heterocycles. The van der Waals surface area contributed by atoms with Gasteiger partial charge in [0.25, 0.3) is 5.56 Å². The molecule has 0 spiro atoms. The standard InChI is InChI=1S/C14H9Cl3N4O2/c1-7-9-10(19-12(18-7)14(15,16)17)20-13(23)21(11(9)22)8-5-3-2-4-6-8/h2-6H,1H3,(H,18,19,20,23). The monoisotopic (exact) mass is 370 g/mol. The van der Waals surface area contributed by atoms with Crippen LogP contribution in [0.15, 0.2) is 39.9 Å². The average Bonchev–Trinajstić information content (AvgIpc) is 2.46. The zero-order valence-electron chi connectivity index (χ0n) is 11.7. The number of aromatic amines is 1. The molecule has 0 saturated carbocycles. The molecule has 1 N–H and O–H groups in total. The molecular weight excluding hydrogens is 363 g/mol. The third-order valence-electron chi connectivity index (χ3n) is 3.20. The van der Waals surface area contributed by atoms with Gasteiger partial charge in [-0.1, -0.05) is 53.0 Å². The van der Waals surface area contributed by atoms with Gasteiger partial charge in [-0.3, -0.25) is 9.78 Å². The quantitative estimate of drug-likeness (QED) is 0.667. The van der Waals surface area contributed by atoms with Gasteiger partial charge in [-0.15, -0.1) is 0 Å². The molecule has 0 bridgehead atoms. The fourth-order valence-corrected chi connectivity index (χ4v) is 2.47. The Morgan fingerprint density at radius 3 is 2.35 bits per heavy atom. The lowest BCUT2D eigenvalue weighted by atomic mass is 10.2. The molecule has 0 unspecified atom stereocenters. The van der Waals surface area contributed by atoms with Gasteiger partial charge in [0.15, 0.2) is 11.5 Å². The summed E-state index contributed by atoms with van der Waals surface area (Å²) in [6, 6.07) is 8.52. The van der Waals surface area contributed by atoms with Crippen molar-refractivity contribution in [2.45, 2.75) is 10.7 Å². The van der Waals surface area contributed by atoms with E-state index in [4.69, 9.17) is 34.8 Å². The number of alkyl halides is 3. The topological polar surface area (TPSA) is 80.6 Å². The van der Waals surface area contributed by atoms with E-state index in [2.05, 4.69) is 15.0 Å². The molecule has 0 fully saturated rings. The van der Waals surface area contributed by atoms with E-state index in [9.17, 15) is 9.59 Å². The summed E-state index contributed by atoms with van der Waals surface area (Å²) in [6.07, 6.45) is 0. The first kappa shape index (κ1) is 16.0. The Balaban J connectivity index is 2.40. The highest BCUT2D eigenvalue weighted by Gasteiger charge is 2.28. The Morgan fingerprint density at radius 1 is 1.09 bits per heavy atom. The number of aromatic nitrogens is 4. The van der Waals surface area contributed by atoms with Crippen LogP contribution in [0.25, 0.3) is 16.7 Å². The van der Waals surface area contributed by atoms with Crippen molar-refractivity contribution >= 4 is 45.8 Å². The summed E-state index contributed by atoms with van der Waals surface area (Å²) >= 11 is 17.3. The molecule has 0 amide bonds. The first-order valence-electron chi connectivity index (χ1n) is 6.45. The summed E-state index contributed by atoms with van der Waals surface area (Å²) in [5, 5.41) is 0.159. The van der Waals surface area contributed by atoms with Crippen LogP contribution >= 0.6 is 34.8 Å². The second-order valence-corrected chi connectivity index (χ2v) is 7.04. The summed E-state index contributed by atoms with van der Waals surface area (Å²) in [5.41, 5.74) is -0.404. The van der Waals surface area contributed by atoms with E-state index in [1.165, 1.54) is 0 Å². The lowest BCUT2D eigenvalue weighted by molar-refractivity contribution is 0.874. The zero-order valence-corrected chi connectivity index (χ0v) is 13.9. The molecule has 0 radical (unpaired) electrons. The van der Waals surface area contributed by atoms with E-state index in [-0.39, 0.29) is 16.9 Å². The van der Waals surface area contributed by atoms with Crippen molar-refractivity contribution in [2.24, 2.45) is 0 Å². The van der Waals surface area contributed by atoms with Gasteiger partial charge < -0.3 is 0 Å². The minimum Gasteiger partial charge on any atom is -0.291 e. The Bertz CT molecular complexity index is 1010. The second-order valence-electron chi connectivity index (χ2n) is 4.76. The maximum Gasteiger partial charge on any atom is 0.334 e. The van der Waals surface area contributed by atoms with Gasteiger partial charge in [-0.2, -0.15) is 0 Å². The molecule has 0 aliphatic carbocycles. The Kier molecular flexibility index (Phi) is 3.91. The number of fused-ring (bicyclic) bond motifs is 1. The molecular formula is C14H9Cl3N4O2. The van der Waals surface area contributed by atoms with Crippen LogP contribution in [0.1, 0.15) is 11.5 Å². The third-order valence-corrected chi connectivity index (χ3v) is 3.71. The van der Waals surface area contributed by atoms with E-state index < -0.39 is 15.0 Å². The Hall–Kier alpha value is -1.89. The van der Waals surface area contributed by atoms with Gasteiger partial charge in [-0.25, -0.2) is 19.3 Å². The molecule has 1 aromatic carbocycles. The van der Waals surface area contributed by atoms with Gasteiger partial charge >= 0.3 is 5.69 Å². The first-order valence-corrected chi connectivity index (χ1v) is 7.59. The van der Waals surface area contributed by atoms with Crippen molar-refractivity contribution in [1.29, 1.82) is 0 Å². The maximum atomic E-state index is 12.7. The smallest absolute Gasteiger partial charge is 0.291 e. The van der Waals surface area contributed by atoms with Crippen molar-refractivity contribution in [3.8, 4) is 5.69 Å². The number of halogens is 3. The van der Waals surface area contributed by atoms with E-state index in [1.54, 1.807) is 37.3 Å². The Labute approximate surface area is 144 Å². The van der Waals surface area contributed by atoms with E-state index in [0.29, 0.717) is 11.4 Å². The molecule has 6 nitrogen and oxygen atoms in total. The van der Waals surface area contributed by atoms with Crippen LogP contribution in [0.2, 0.25) is 0 Å². The second kappa shape index (κ2) is 5.63. The van der Waals surface area contributed by atoms with Crippen molar-refractivity contribution in [2.75, 3.05) is 0 Å². The normalized spacial score (nSPS) is 11.8. The van der Waals surface area contributed by atoms with Crippen molar-refractivity contribution < 1.29 is 0 Å². The predicted molar refractivity (Wildman–Crippen MR) is 89.7 cm³/mol. The van der Waals surface area contributed by atoms with Crippen LogP contribution in [-0.2, 0) is 3.79 Å². The van der Waals surface area contributed by atoms with Crippen molar-refractivity contribution in [3.63, 3.8) is 0 Å². The highest BCUT2D eigenvalue weighted by molar-refractivity contribution is 6.66. The number of rotatable bonds is 1. The van der Waals surface area contributed by atoms with Gasteiger partial charge in [-0.05, 0) is 19.1 Å². The minimum atomic E-state index is -1.86. The fourth-order valence-electron chi connectivity index (χ4n) is 2.22. The van der Waals surface area contributed by atoms with Crippen LogP contribution in [0.3, 0.4) is 0 Å². The van der Waals surface area contributed by atoms with Crippen LogP contribution in [0.5, 0.6) is 0 Å². The van der Waals surface area contributed by atoms with Crippen molar-refractivity contribution in [1.82, 2.24) is 19.5 Å². The molecule has 2 aromatic heterocycles. The maximum absolute atomic E-state index is 12.7. The van der Waals surface area contributed by atoms with Crippen LogP contribution in [0.4, 0.5) is 0 Å². The fraction of sp³-hybridized carbons (Fsp3) is 0.143. The summed E-state index contributed by atoms with van der Waals surface area (Å²) < 4.78 is -0.849. The summed E-state index contributed by atoms with van der Waals surface area (Å²) in [6.45, 7) is 1.58. The Morgan fingerprint density at radius 2 is 1.74 bits per heavy atom. The highest BCUT2D eigenvalue weighted by Crippen LogP contribution is 2.36. The lowest BCUT2D eigenvalue weighted by Crippen LogP contribution is -2.34. The number of nitrogens with zero attached hydrogens (tertiary/aromatic N) is 3. The minimum absolute atomic E-state index is 0.0287. The molecule has 23 heavy (non-hydrogen) atoms. The average molecular weight is 372 g/mol. The van der Waals surface area contributed by atoms with Crippen molar-refractivity contribution in [3.05, 3.63) is 62.7 Å². The summed E-state index contributed by atoms with van der Waals surface area (Å²) in [4.78, 5) is 35.5. The lowest BCUT2D eigenvalue weighted by Gasteiger charge is -2.12. The highest BCUT2D eigenvalue weighted by atomic mass is 35.6. The van der Waals surface area contributed by atoms with E-state index in [0.717, 1.165) is 4.57 Å². The molecule has 0 saturated heterocycles. The number of nitrogens with one attached hydrogen (secondary N) is 1. The van der Waals surface area contributed by atoms with Gasteiger partial charge in [0.1, 0.15) is 5.39 Å². The van der Waals surface area contributed by atoms with E-state index in [1.807, 2.05) is 0 Å². The number of para-hydroxylation sites is 1. The predicted octanol–water partition coefficient (Wildman–Crippen LogP) is 2.60. The number of benzene rings is 1. The molecule has 3 aromatic rings. The summed E-state index contributed by atoms with van der Waals surface area (Å²) in [7, 11) is 0.